The van der Waals surface area contributed by atoms with Crippen LogP contribution in [0.5, 0.6) is 5.75 Å². The molecule has 1 unspecified atom stereocenters. The molecule has 248 valence electrons. The van der Waals surface area contributed by atoms with Crippen molar-refractivity contribution in [2.24, 2.45) is 0 Å². The fraction of sp³-hybridized carbons (Fsp3) is 0.486. The molecule has 3 N–H and O–H groups in total. The summed E-state index contributed by atoms with van der Waals surface area (Å²) in [5.74, 6) is 0.274. The van der Waals surface area contributed by atoms with E-state index < -0.39 is 29.8 Å². The fourth-order valence-electron chi connectivity index (χ4n) is 5.80. The number of nitrogens with zero attached hydrogens (tertiary/aromatic N) is 2. The van der Waals surface area contributed by atoms with E-state index in [0.717, 1.165) is 22.3 Å². The number of pyridine rings is 1. The Morgan fingerprint density at radius 1 is 1.00 bits per heavy atom. The number of amides is 2. The highest BCUT2D eigenvalue weighted by molar-refractivity contribution is 5.82. The first-order chi connectivity index (χ1) is 21.9. The van der Waals surface area contributed by atoms with Gasteiger partial charge in [-0.25, -0.2) is 0 Å². The molecule has 0 radical (unpaired) electrons. The molecule has 1 aliphatic rings. The third kappa shape index (κ3) is 10.4. The zero-order valence-corrected chi connectivity index (χ0v) is 28.0. The van der Waals surface area contributed by atoms with E-state index in [4.69, 9.17) is 9.47 Å². The summed E-state index contributed by atoms with van der Waals surface area (Å²) in [6.07, 6.45) is 3.28. The molecule has 5 atom stereocenters. The zero-order chi connectivity index (χ0) is 33.3. The molecule has 2 heterocycles. The lowest BCUT2D eigenvalue weighted by molar-refractivity contribution is -0.134. The number of ether oxygens (including phenoxy) is 2. The molecule has 9 heteroatoms. The summed E-state index contributed by atoms with van der Waals surface area (Å²) in [6.45, 7) is 12.7. The van der Waals surface area contributed by atoms with Gasteiger partial charge in [0.15, 0.2) is 6.10 Å². The van der Waals surface area contributed by atoms with E-state index >= 15 is 0 Å². The summed E-state index contributed by atoms with van der Waals surface area (Å²) in [5.41, 5.74) is 3.50. The van der Waals surface area contributed by atoms with E-state index in [1.54, 1.807) is 19.3 Å². The van der Waals surface area contributed by atoms with Gasteiger partial charge in [-0.15, -0.1) is 0 Å². The molecule has 0 bridgehead atoms. The Kier molecular flexibility index (Phi) is 12.3. The first kappa shape index (κ1) is 35.1. The quantitative estimate of drug-likeness (QED) is 0.255. The molecule has 1 aliphatic heterocycles. The molecule has 3 aromatic rings. The normalized spacial score (nSPS) is 19.1. The lowest BCUT2D eigenvalue weighted by atomic mass is 9.94. The molecule has 4 rings (SSSR count). The molecule has 46 heavy (non-hydrogen) atoms. The zero-order valence-electron chi connectivity index (χ0n) is 28.0. The predicted octanol–water partition coefficient (Wildman–Crippen LogP) is 4.52. The second-order valence-corrected chi connectivity index (χ2v) is 13.4. The van der Waals surface area contributed by atoms with Crippen LogP contribution in [0.3, 0.4) is 0 Å². The molecule has 0 saturated carbocycles. The molecule has 1 aromatic heterocycles. The highest BCUT2D eigenvalue weighted by atomic mass is 16.5. The molecule has 1 saturated heterocycles. The molecule has 2 aromatic carbocycles. The van der Waals surface area contributed by atoms with E-state index in [0.29, 0.717) is 38.2 Å². The van der Waals surface area contributed by atoms with Gasteiger partial charge in [0.1, 0.15) is 5.75 Å². The van der Waals surface area contributed by atoms with Crippen molar-refractivity contribution in [2.75, 3.05) is 13.1 Å². The Labute approximate surface area is 273 Å². The van der Waals surface area contributed by atoms with Crippen molar-refractivity contribution in [3.8, 4) is 5.75 Å². The van der Waals surface area contributed by atoms with Gasteiger partial charge in [0, 0.05) is 31.0 Å². The lowest BCUT2D eigenvalue weighted by Crippen LogP contribution is -2.59. The van der Waals surface area contributed by atoms with Crippen LogP contribution in [0.15, 0.2) is 73.1 Å². The standard InChI is InChI=1S/C37H50N4O5/c1-25-11-10-12-26(2)34(25)46-27(3)35(43)39-31(21-28-13-8-7-9-14-28)33(42)23-41-20-17-30(45-24-29-15-18-38-19-16-29)22-32(41)36(44)40-37(4,5)6/h7-16,18-19,27,30-33,42H,17,20-24H2,1-6H3,(H,39,43)(H,40,44)/t27?,30-,31+,32+,33-/m1/s1. The maximum atomic E-state index is 13.6. The number of aliphatic hydroxyl groups is 1. The molecule has 1 fully saturated rings. The summed E-state index contributed by atoms with van der Waals surface area (Å²) < 4.78 is 12.3. The van der Waals surface area contributed by atoms with Gasteiger partial charge in [-0.05, 0) is 95.2 Å². The minimum Gasteiger partial charge on any atom is -0.480 e. The van der Waals surface area contributed by atoms with Gasteiger partial charge in [-0.2, -0.15) is 0 Å². The van der Waals surface area contributed by atoms with Crippen LogP contribution >= 0.6 is 0 Å². The first-order valence-electron chi connectivity index (χ1n) is 16.2. The average molecular weight is 631 g/mol. The highest BCUT2D eigenvalue weighted by Crippen LogP contribution is 2.25. The third-order valence-corrected chi connectivity index (χ3v) is 8.29. The molecule has 2 amide bonds. The van der Waals surface area contributed by atoms with Gasteiger partial charge in [0.25, 0.3) is 5.91 Å². The number of hydrogen-bond donors (Lipinski definition) is 3. The number of hydrogen-bond acceptors (Lipinski definition) is 7. The number of carbonyl (C=O) groups is 2. The van der Waals surface area contributed by atoms with Crippen molar-refractivity contribution in [3.05, 3.63) is 95.3 Å². The number of rotatable bonds is 13. The van der Waals surface area contributed by atoms with Crippen LogP contribution in [0.4, 0.5) is 0 Å². The summed E-state index contributed by atoms with van der Waals surface area (Å²) in [6, 6.07) is 18.4. The molecular formula is C37H50N4O5. The Balaban J connectivity index is 1.48. The van der Waals surface area contributed by atoms with Crippen LogP contribution in [0, 0.1) is 13.8 Å². The van der Waals surface area contributed by atoms with Gasteiger partial charge >= 0.3 is 0 Å². The summed E-state index contributed by atoms with van der Waals surface area (Å²) in [5, 5.41) is 17.9. The highest BCUT2D eigenvalue weighted by Gasteiger charge is 2.37. The van der Waals surface area contributed by atoms with Crippen LogP contribution in [-0.4, -0.2) is 75.8 Å². The van der Waals surface area contributed by atoms with E-state index in [-0.39, 0.29) is 24.5 Å². The molecule has 9 nitrogen and oxygen atoms in total. The minimum atomic E-state index is -0.948. The number of aromatic nitrogens is 1. The molecule has 0 aliphatic carbocycles. The summed E-state index contributed by atoms with van der Waals surface area (Å²) in [7, 11) is 0. The number of piperidine rings is 1. The average Bonchev–Trinajstić information content (AvgIpc) is 3.02. The number of β-amino-alcohol motifs (C(OH)–C–C–N with tert-alkyl or cyclic N) is 1. The summed E-state index contributed by atoms with van der Waals surface area (Å²) in [4.78, 5) is 33.2. The van der Waals surface area contributed by atoms with Gasteiger partial charge in [0.2, 0.25) is 5.91 Å². The summed E-state index contributed by atoms with van der Waals surface area (Å²) >= 11 is 0. The van der Waals surface area contributed by atoms with Crippen LogP contribution in [0.1, 0.15) is 62.8 Å². The Bertz CT molecular complexity index is 1390. The number of benzene rings is 2. The van der Waals surface area contributed by atoms with Crippen LogP contribution < -0.4 is 15.4 Å². The van der Waals surface area contributed by atoms with Crippen molar-refractivity contribution < 1.29 is 24.2 Å². The fourth-order valence-corrected chi connectivity index (χ4v) is 5.80. The molecule has 0 spiro atoms. The van der Waals surface area contributed by atoms with E-state index in [2.05, 4.69) is 15.6 Å². The Hall–Kier alpha value is -3.79. The number of likely N-dealkylation sites (tertiary alicyclic amines) is 1. The van der Waals surface area contributed by atoms with E-state index in [1.807, 2.05) is 100 Å². The van der Waals surface area contributed by atoms with Crippen LogP contribution in [0.2, 0.25) is 0 Å². The maximum Gasteiger partial charge on any atom is 0.261 e. The number of aryl methyl sites for hydroxylation is 2. The van der Waals surface area contributed by atoms with Crippen molar-refractivity contribution in [2.45, 2.75) is 103 Å². The van der Waals surface area contributed by atoms with E-state index in [1.165, 1.54) is 0 Å². The van der Waals surface area contributed by atoms with Gasteiger partial charge in [-0.3, -0.25) is 19.5 Å². The second-order valence-electron chi connectivity index (χ2n) is 13.4. The number of nitrogens with one attached hydrogen (secondary N) is 2. The topological polar surface area (TPSA) is 113 Å². The third-order valence-electron chi connectivity index (χ3n) is 8.29. The largest absolute Gasteiger partial charge is 0.480 e. The maximum absolute atomic E-state index is 13.6. The predicted molar refractivity (Wildman–Crippen MR) is 179 cm³/mol. The van der Waals surface area contributed by atoms with E-state index in [9.17, 15) is 14.7 Å². The van der Waals surface area contributed by atoms with Crippen molar-refractivity contribution >= 4 is 11.8 Å². The monoisotopic (exact) mass is 630 g/mol. The van der Waals surface area contributed by atoms with Gasteiger partial charge in [0.05, 0.1) is 30.9 Å². The second kappa shape index (κ2) is 16.2. The number of aliphatic hydroxyl groups excluding tert-OH is 1. The van der Waals surface area contributed by atoms with Crippen LogP contribution in [-0.2, 0) is 27.4 Å². The van der Waals surface area contributed by atoms with Crippen LogP contribution in [0.25, 0.3) is 0 Å². The Morgan fingerprint density at radius 3 is 2.33 bits per heavy atom. The first-order valence-corrected chi connectivity index (χ1v) is 16.2. The van der Waals surface area contributed by atoms with Gasteiger partial charge < -0.3 is 25.2 Å². The lowest BCUT2D eigenvalue weighted by Gasteiger charge is -2.41. The van der Waals surface area contributed by atoms with Crippen molar-refractivity contribution in [3.63, 3.8) is 0 Å². The Morgan fingerprint density at radius 2 is 1.67 bits per heavy atom. The number of para-hydroxylation sites is 1. The SMILES string of the molecule is Cc1cccc(C)c1OC(C)C(=O)N[C@@H](Cc1ccccc1)[C@H](O)CN1CC[C@@H](OCc2ccncc2)C[C@H]1C(=O)NC(C)(C)C. The van der Waals surface area contributed by atoms with Crippen molar-refractivity contribution in [1.29, 1.82) is 0 Å². The molecular weight excluding hydrogens is 580 g/mol. The van der Waals surface area contributed by atoms with Gasteiger partial charge in [-0.1, -0.05) is 48.5 Å². The number of carbonyl (C=O) groups excluding carboxylic acids is 2. The van der Waals surface area contributed by atoms with Crippen molar-refractivity contribution in [1.82, 2.24) is 20.5 Å². The smallest absolute Gasteiger partial charge is 0.261 e. The minimum absolute atomic E-state index is 0.101.